The molecular formula is C15H28ClN3O3. The Morgan fingerprint density at radius 3 is 2.36 bits per heavy atom. The maximum atomic E-state index is 12.3. The van der Waals surface area contributed by atoms with Crippen LogP contribution in [0, 0.1) is 5.92 Å². The largest absolute Gasteiger partial charge is 0.381 e. The molecule has 0 radical (unpaired) electrons. The minimum atomic E-state index is -0.550. The van der Waals surface area contributed by atoms with Crippen LogP contribution in [-0.2, 0) is 14.3 Å². The van der Waals surface area contributed by atoms with E-state index in [2.05, 4.69) is 5.32 Å². The summed E-state index contributed by atoms with van der Waals surface area (Å²) in [6, 6.07) is -1.05. The summed E-state index contributed by atoms with van der Waals surface area (Å²) in [5.74, 6) is -0.0713. The van der Waals surface area contributed by atoms with E-state index >= 15 is 0 Å². The quantitative estimate of drug-likeness (QED) is 0.792. The maximum absolute atomic E-state index is 12.3. The minimum absolute atomic E-state index is 0. The van der Waals surface area contributed by atoms with Gasteiger partial charge in [0.15, 0.2) is 0 Å². The molecule has 2 fully saturated rings. The number of likely N-dealkylation sites (tertiary alicyclic amines) is 1. The van der Waals surface area contributed by atoms with Crippen molar-refractivity contribution in [1.29, 1.82) is 0 Å². The molecule has 2 saturated heterocycles. The molecule has 0 aromatic rings. The van der Waals surface area contributed by atoms with E-state index < -0.39 is 12.1 Å². The van der Waals surface area contributed by atoms with E-state index in [1.54, 1.807) is 6.92 Å². The van der Waals surface area contributed by atoms with Crippen LogP contribution in [0.5, 0.6) is 0 Å². The Bertz CT molecular complexity index is 369. The second-order valence-electron chi connectivity index (χ2n) is 6.09. The van der Waals surface area contributed by atoms with Crippen LogP contribution in [0.1, 0.15) is 39.0 Å². The zero-order chi connectivity index (χ0) is 15.2. The van der Waals surface area contributed by atoms with Gasteiger partial charge in [0.2, 0.25) is 11.8 Å². The van der Waals surface area contributed by atoms with E-state index in [-0.39, 0.29) is 30.1 Å². The minimum Gasteiger partial charge on any atom is -0.381 e. The number of nitrogens with zero attached hydrogens (tertiary/aromatic N) is 1. The van der Waals surface area contributed by atoms with Crippen LogP contribution in [0.15, 0.2) is 0 Å². The fraction of sp³-hybridized carbons (Fsp3) is 0.867. The van der Waals surface area contributed by atoms with Crippen molar-refractivity contribution in [3.63, 3.8) is 0 Å². The predicted octanol–water partition coefficient (Wildman–Crippen LogP) is 0.679. The number of carbonyl (C=O) groups excluding carboxylic acids is 2. The number of nitrogens with one attached hydrogen (secondary N) is 1. The van der Waals surface area contributed by atoms with Crippen LogP contribution in [-0.4, -0.2) is 55.1 Å². The molecule has 2 atom stereocenters. The highest BCUT2D eigenvalue weighted by Gasteiger charge is 2.29. The molecule has 2 aliphatic rings. The Balaban J connectivity index is 0.00000242. The number of carbonyl (C=O) groups is 2. The molecule has 0 aromatic heterocycles. The molecule has 0 aliphatic carbocycles. The Kier molecular flexibility index (Phi) is 8.14. The molecule has 128 valence electrons. The molecule has 0 bridgehead atoms. The van der Waals surface area contributed by atoms with Gasteiger partial charge < -0.3 is 20.7 Å². The van der Waals surface area contributed by atoms with Crippen molar-refractivity contribution >= 4 is 24.2 Å². The first-order chi connectivity index (χ1) is 10.1. The monoisotopic (exact) mass is 333 g/mol. The SMILES string of the molecule is C[C@H](NC(=O)C(N)C1CCOCC1)C(=O)N1CCCCC1.Cl. The van der Waals surface area contributed by atoms with Crippen LogP contribution in [0.25, 0.3) is 0 Å². The number of amides is 2. The van der Waals surface area contributed by atoms with Crippen molar-refractivity contribution in [3.8, 4) is 0 Å². The van der Waals surface area contributed by atoms with Gasteiger partial charge in [0.25, 0.3) is 0 Å². The third-order valence-corrected chi connectivity index (χ3v) is 4.47. The van der Waals surface area contributed by atoms with Crippen LogP contribution in [0.2, 0.25) is 0 Å². The molecule has 3 N–H and O–H groups in total. The summed E-state index contributed by atoms with van der Waals surface area (Å²) >= 11 is 0. The Morgan fingerprint density at radius 2 is 1.77 bits per heavy atom. The first kappa shape index (κ1) is 19.2. The summed E-state index contributed by atoms with van der Waals surface area (Å²) in [7, 11) is 0. The number of ether oxygens (including phenoxy) is 1. The van der Waals surface area contributed by atoms with Crippen molar-refractivity contribution in [2.45, 2.75) is 51.1 Å². The molecule has 6 nitrogen and oxygen atoms in total. The molecule has 0 saturated carbocycles. The lowest BCUT2D eigenvalue weighted by atomic mass is 9.91. The standard InChI is InChI=1S/C15H27N3O3.ClH/c1-11(15(20)18-7-3-2-4-8-18)17-14(19)13(16)12-5-9-21-10-6-12;/h11-13H,2-10,16H2,1H3,(H,17,19);1H/t11-,13?;/m0./s1. The van der Waals surface area contributed by atoms with Gasteiger partial charge in [-0.15, -0.1) is 12.4 Å². The van der Waals surface area contributed by atoms with Crippen LogP contribution >= 0.6 is 12.4 Å². The molecule has 0 aromatic carbocycles. The Morgan fingerprint density at radius 1 is 1.18 bits per heavy atom. The summed E-state index contributed by atoms with van der Waals surface area (Å²) in [6.07, 6.45) is 4.90. The molecule has 2 rings (SSSR count). The van der Waals surface area contributed by atoms with Gasteiger partial charge in [-0.25, -0.2) is 0 Å². The van der Waals surface area contributed by atoms with Crippen LogP contribution in [0.4, 0.5) is 0 Å². The van der Waals surface area contributed by atoms with Gasteiger partial charge in [0, 0.05) is 26.3 Å². The smallest absolute Gasteiger partial charge is 0.244 e. The van der Waals surface area contributed by atoms with Crippen molar-refractivity contribution in [3.05, 3.63) is 0 Å². The molecule has 2 amide bonds. The Hall–Kier alpha value is -0.850. The van der Waals surface area contributed by atoms with Crippen molar-refractivity contribution in [2.24, 2.45) is 11.7 Å². The molecule has 22 heavy (non-hydrogen) atoms. The average molecular weight is 334 g/mol. The van der Waals surface area contributed by atoms with E-state index in [0.29, 0.717) is 13.2 Å². The third kappa shape index (κ3) is 5.11. The number of halogens is 1. The highest BCUT2D eigenvalue weighted by molar-refractivity contribution is 5.89. The Labute approximate surface area is 138 Å². The van der Waals surface area contributed by atoms with Crippen molar-refractivity contribution < 1.29 is 14.3 Å². The number of hydrogen-bond donors (Lipinski definition) is 2. The lowest BCUT2D eigenvalue weighted by Gasteiger charge is -2.31. The van der Waals surface area contributed by atoms with Gasteiger partial charge in [0.1, 0.15) is 6.04 Å². The first-order valence-electron chi connectivity index (χ1n) is 8.02. The van der Waals surface area contributed by atoms with E-state index in [9.17, 15) is 9.59 Å². The van der Waals surface area contributed by atoms with Gasteiger partial charge in [0.05, 0.1) is 6.04 Å². The molecule has 2 aliphatic heterocycles. The lowest BCUT2D eigenvalue weighted by Crippen LogP contribution is -2.54. The van der Waals surface area contributed by atoms with E-state index in [0.717, 1.165) is 38.8 Å². The third-order valence-electron chi connectivity index (χ3n) is 4.47. The topological polar surface area (TPSA) is 84.7 Å². The van der Waals surface area contributed by atoms with Gasteiger partial charge in [-0.05, 0) is 44.9 Å². The summed E-state index contributed by atoms with van der Waals surface area (Å²) in [6.45, 7) is 4.66. The molecule has 2 heterocycles. The van der Waals surface area contributed by atoms with Gasteiger partial charge in [-0.1, -0.05) is 0 Å². The van der Waals surface area contributed by atoms with E-state index in [1.165, 1.54) is 6.42 Å². The van der Waals surface area contributed by atoms with E-state index in [4.69, 9.17) is 10.5 Å². The molecule has 0 spiro atoms. The maximum Gasteiger partial charge on any atom is 0.244 e. The molecular weight excluding hydrogens is 306 g/mol. The fourth-order valence-corrected chi connectivity index (χ4v) is 3.05. The van der Waals surface area contributed by atoms with Crippen molar-refractivity contribution in [1.82, 2.24) is 10.2 Å². The molecule has 7 heteroatoms. The number of piperidine rings is 1. The average Bonchev–Trinajstić information content (AvgIpc) is 2.55. The predicted molar refractivity (Wildman–Crippen MR) is 86.8 cm³/mol. The van der Waals surface area contributed by atoms with Gasteiger partial charge in [-0.3, -0.25) is 9.59 Å². The number of nitrogens with two attached hydrogens (primary N) is 1. The summed E-state index contributed by atoms with van der Waals surface area (Å²) in [5, 5.41) is 2.78. The zero-order valence-corrected chi connectivity index (χ0v) is 14.1. The zero-order valence-electron chi connectivity index (χ0n) is 13.3. The van der Waals surface area contributed by atoms with Crippen LogP contribution < -0.4 is 11.1 Å². The second-order valence-corrected chi connectivity index (χ2v) is 6.09. The second kappa shape index (κ2) is 9.33. The summed E-state index contributed by atoms with van der Waals surface area (Å²) < 4.78 is 5.28. The highest BCUT2D eigenvalue weighted by Crippen LogP contribution is 2.18. The lowest BCUT2D eigenvalue weighted by molar-refractivity contribution is -0.137. The molecule has 1 unspecified atom stereocenters. The van der Waals surface area contributed by atoms with Gasteiger partial charge in [-0.2, -0.15) is 0 Å². The fourth-order valence-electron chi connectivity index (χ4n) is 3.05. The highest BCUT2D eigenvalue weighted by atomic mass is 35.5. The number of hydrogen-bond acceptors (Lipinski definition) is 4. The summed E-state index contributed by atoms with van der Waals surface area (Å²) in [4.78, 5) is 26.3. The van der Waals surface area contributed by atoms with Crippen molar-refractivity contribution in [2.75, 3.05) is 26.3 Å². The van der Waals surface area contributed by atoms with Crippen LogP contribution in [0.3, 0.4) is 0 Å². The number of rotatable bonds is 4. The normalized spacial score (nSPS) is 22.4. The van der Waals surface area contributed by atoms with Gasteiger partial charge >= 0.3 is 0 Å². The first-order valence-corrected chi connectivity index (χ1v) is 8.02. The summed E-state index contributed by atoms with van der Waals surface area (Å²) in [5.41, 5.74) is 6.03. The van der Waals surface area contributed by atoms with E-state index in [1.807, 2.05) is 4.90 Å².